The first-order chi connectivity index (χ1) is 10.1. The fourth-order valence-corrected chi connectivity index (χ4v) is 2.15. The van der Waals surface area contributed by atoms with E-state index in [1.807, 2.05) is 0 Å². The quantitative estimate of drug-likeness (QED) is 0.843. The van der Waals surface area contributed by atoms with Gasteiger partial charge in [-0.1, -0.05) is 29.3 Å². The number of hydrogen-bond acceptors (Lipinski definition) is 3. The Labute approximate surface area is 132 Å². The fraction of sp³-hybridized carbons (Fsp3) is 0.0769. The number of nitrogens with zero attached hydrogens (tertiary/aromatic N) is 1. The third-order valence-electron chi connectivity index (χ3n) is 2.75. The molecule has 0 saturated heterocycles. The number of carbonyl (C=O) groups is 1. The van der Waals surface area contributed by atoms with Crippen molar-refractivity contribution < 1.29 is 23.1 Å². The number of aromatic carboxylic acids is 1. The second kappa shape index (κ2) is 5.66. The van der Waals surface area contributed by atoms with Gasteiger partial charge in [0.15, 0.2) is 5.69 Å². The molecule has 1 heterocycles. The molecule has 0 spiro atoms. The molecule has 0 atom stereocenters. The molecule has 0 aliphatic heterocycles. The largest absolute Gasteiger partial charge is 0.476 e. The van der Waals surface area contributed by atoms with Crippen LogP contribution in [0.5, 0.6) is 0 Å². The Morgan fingerprint density at radius 2 is 1.86 bits per heavy atom. The van der Waals surface area contributed by atoms with E-state index in [1.54, 1.807) is 0 Å². The molecule has 2 rings (SSSR count). The SMILES string of the molecule is Nc1cc(-c2ccc(Cl)cc2C(F)(F)F)nc(C(=O)O)c1Cl. The normalized spacial score (nSPS) is 11.5. The van der Waals surface area contributed by atoms with Crippen molar-refractivity contribution >= 4 is 34.9 Å². The number of rotatable bonds is 2. The summed E-state index contributed by atoms with van der Waals surface area (Å²) in [5, 5.41) is 8.54. The van der Waals surface area contributed by atoms with Crippen LogP contribution in [0.1, 0.15) is 16.1 Å². The number of anilines is 1. The number of carboxylic acids is 1. The molecule has 4 nitrogen and oxygen atoms in total. The first-order valence-corrected chi connectivity index (χ1v) is 6.43. The van der Waals surface area contributed by atoms with E-state index < -0.39 is 23.4 Å². The van der Waals surface area contributed by atoms with Crippen molar-refractivity contribution in [2.75, 3.05) is 5.73 Å². The van der Waals surface area contributed by atoms with Crippen molar-refractivity contribution in [3.05, 3.63) is 45.6 Å². The van der Waals surface area contributed by atoms with E-state index >= 15 is 0 Å². The van der Waals surface area contributed by atoms with Crippen molar-refractivity contribution in [3.8, 4) is 11.3 Å². The second-order valence-electron chi connectivity index (χ2n) is 4.25. The maximum Gasteiger partial charge on any atom is 0.417 e. The molecule has 0 amide bonds. The zero-order chi connectivity index (χ0) is 16.7. The van der Waals surface area contributed by atoms with Crippen LogP contribution in [0.2, 0.25) is 10.0 Å². The van der Waals surface area contributed by atoms with Crippen LogP contribution in [0.3, 0.4) is 0 Å². The Balaban J connectivity index is 2.75. The summed E-state index contributed by atoms with van der Waals surface area (Å²) >= 11 is 11.3. The molecule has 1 aromatic carbocycles. The number of carboxylic acid groups (broad SMARTS) is 1. The van der Waals surface area contributed by atoms with Crippen LogP contribution < -0.4 is 5.73 Å². The first-order valence-electron chi connectivity index (χ1n) is 5.67. The van der Waals surface area contributed by atoms with Gasteiger partial charge in [0.1, 0.15) is 0 Å². The average Bonchev–Trinajstić information content (AvgIpc) is 2.40. The summed E-state index contributed by atoms with van der Waals surface area (Å²) in [7, 11) is 0. The number of halogens is 5. The van der Waals surface area contributed by atoms with Gasteiger partial charge in [-0.05, 0) is 18.2 Å². The van der Waals surface area contributed by atoms with E-state index in [9.17, 15) is 18.0 Å². The predicted molar refractivity (Wildman–Crippen MR) is 76.1 cm³/mol. The van der Waals surface area contributed by atoms with Gasteiger partial charge in [-0.15, -0.1) is 0 Å². The lowest BCUT2D eigenvalue weighted by molar-refractivity contribution is -0.137. The van der Waals surface area contributed by atoms with Gasteiger partial charge in [-0.25, -0.2) is 9.78 Å². The highest BCUT2D eigenvalue weighted by atomic mass is 35.5. The summed E-state index contributed by atoms with van der Waals surface area (Å²) in [6.45, 7) is 0. The number of aromatic nitrogens is 1. The summed E-state index contributed by atoms with van der Waals surface area (Å²) in [5.74, 6) is -1.50. The molecule has 0 radical (unpaired) electrons. The van der Waals surface area contributed by atoms with E-state index in [0.717, 1.165) is 18.2 Å². The highest BCUT2D eigenvalue weighted by Crippen LogP contribution is 2.39. The minimum absolute atomic E-state index is 0.114. The first kappa shape index (κ1) is 16.4. The minimum Gasteiger partial charge on any atom is -0.476 e. The van der Waals surface area contributed by atoms with Crippen molar-refractivity contribution in [3.63, 3.8) is 0 Å². The van der Waals surface area contributed by atoms with E-state index in [0.29, 0.717) is 0 Å². The van der Waals surface area contributed by atoms with Crippen LogP contribution in [-0.4, -0.2) is 16.1 Å². The van der Waals surface area contributed by atoms with Gasteiger partial charge in [0, 0.05) is 10.6 Å². The van der Waals surface area contributed by atoms with E-state index in [4.69, 9.17) is 34.0 Å². The highest BCUT2D eigenvalue weighted by Gasteiger charge is 2.34. The Bertz CT molecular complexity index is 764. The zero-order valence-electron chi connectivity index (χ0n) is 10.6. The fourth-order valence-electron chi connectivity index (χ4n) is 1.80. The van der Waals surface area contributed by atoms with Crippen LogP contribution in [-0.2, 0) is 6.18 Å². The zero-order valence-corrected chi connectivity index (χ0v) is 12.1. The lowest BCUT2D eigenvalue weighted by Gasteiger charge is -2.14. The summed E-state index contributed by atoms with van der Waals surface area (Å²) in [4.78, 5) is 14.7. The molecule has 1 aromatic heterocycles. The molecule has 3 N–H and O–H groups in total. The third kappa shape index (κ3) is 3.10. The Morgan fingerprint density at radius 3 is 2.41 bits per heavy atom. The Morgan fingerprint density at radius 1 is 1.23 bits per heavy atom. The van der Waals surface area contributed by atoms with Gasteiger partial charge in [0.05, 0.1) is 22.0 Å². The predicted octanol–water partition coefficient (Wildman–Crippen LogP) is 4.35. The van der Waals surface area contributed by atoms with Crippen LogP contribution in [0.25, 0.3) is 11.3 Å². The number of nitrogen functional groups attached to an aromatic ring is 1. The Kier molecular flexibility index (Phi) is 4.21. The van der Waals surface area contributed by atoms with Gasteiger partial charge in [0.2, 0.25) is 0 Å². The van der Waals surface area contributed by atoms with E-state index in [2.05, 4.69) is 4.98 Å². The summed E-state index contributed by atoms with van der Waals surface area (Å²) in [6.07, 6.45) is -4.69. The molecular weight excluding hydrogens is 344 g/mol. The summed E-state index contributed by atoms with van der Waals surface area (Å²) in [6, 6.07) is 4.13. The lowest BCUT2D eigenvalue weighted by Crippen LogP contribution is -2.10. The number of nitrogens with two attached hydrogens (primary N) is 1. The van der Waals surface area contributed by atoms with Crippen molar-refractivity contribution in [1.29, 1.82) is 0 Å². The topological polar surface area (TPSA) is 76.2 Å². The Hall–Kier alpha value is -1.99. The molecule has 116 valence electrons. The van der Waals surface area contributed by atoms with Gasteiger partial charge in [0.25, 0.3) is 0 Å². The smallest absolute Gasteiger partial charge is 0.417 e. The van der Waals surface area contributed by atoms with Gasteiger partial charge in [-0.3, -0.25) is 0 Å². The highest BCUT2D eigenvalue weighted by molar-refractivity contribution is 6.35. The third-order valence-corrected chi connectivity index (χ3v) is 3.38. The molecule has 0 fully saturated rings. The van der Waals surface area contributed by atoms with Gasteiger partial charge >= 0.3 is 12.1 Å². The van der Waals surface area contributed by atoms with Crippen LogP contribution in [0, 0.1) is 0 Å². The summed E-state index contributed by atoms with van der Waals surface area (Å²) < 4.78 is 39.3. The number of benzene rings is 1. The van der Waals surface area contributed by atoms with E-state index in [1.165, 1.54) is 6.07 Å². The van der Waals surface area contributed by atoms with Crippen LogP contribution in [0.15, 0.2) is 24.3 Å². The molecule has 0 aliphatic carbocycles. The molecule has 0 bridgehead atoms. The van der Waals surface area contributed by atoms with Crippen molar-refractivity contribution in [1.82, 2.24) is 4.98 Å². The molecule has 22 heavy (non-hydrogen) atoms. The number of hydrogen-bond donors (Lipinski definition) is 2. The molecular formula is C13H7Cl2F3N2O2. The maximum absolute atomic E-state index is 13.1. The van der Waals surface area contributed by atoms with Gasteiger partial charge < -0.3 is 10.8 Å². The molecule has 0 aliphatic rings. The molecule has 0 saturated carbocycles. The number of alkyl halides is 3. The maximum atomic E-state index is 13.1. The average molecular weight is 351 g/mol. The van der Waals surface area contributed by atoms with Crippen molar-refractivity contribution in [2.24, 2.45) is 0 Å². The molecule has 0 unspecified atom stereocenters. The van der Waals surface area contributed by atoms with Crippen molar-refractivity contribution in [2.45, 2.75) is 6.18 Å². The van der Waals surface area contributed by atoms with E-state index in [-0.39, 0.29) is 27.0 Å². The second-order valence-corrected chi connectivity index (χ2v) is 5.07. The minimum atomic E-state index is -4.69. The van der Waals surface area contributed by atoms with Crippen LogP contribution in [0.4, 0.5) is 18.9 Å². The van der Waals surface area contributed by atoms with Gasteiger partial charge in [-0.2, -0.15) is 13.2 Å². The summed E-state index contributed by atoms with van der Waals surface area (Å²) in [5.41, 5.74) is 3.07. The van der Waals surface area contributed by atoms with Crippen LogP contribution >= 0.6 is 23.2 Å². The molecule has 9 heteroatoms. The standard InChI is InChI=1S/C13H7Cl2F3N2O2/c14-5-1-2-6(7(3-5)13(16,17)18)9-4-8(19)10(15)11(20-9)12(21)22/h1-4H,(H2,19,20)(H,21,22). The molecule has 2 aromatic rings. The lowest BCUT2D eigenvalue weighted by atomic mass is 10.0. The monoisotopic (exact) mass is 350 g/mol. The number of pyridine rings is 1.